The molecule has 1 spiro atoms. The fourth-order valence-electron chi connectivity index (χ4n) is 9.51. The lowest BCUT2D eigenvalue weighted by Crippen LogP contribution is -2.32. The summed E-state index contributed by atoms with van der Waals surface area (Å²) in [6.45, 7) is 0. The second-order valence-corrected chi connectivity index (χ2v) is 16.6. The molecule has 1 aliphatic carbocycles. The Morgan fingerprint density at radius 1 is 0.350 bits per heavy atom. The molecule has 0 saturated carbocycles. The van der Waals surface area contributed by atoms with Crippen molar-refractivity contribution in [1.82, 2.24) is 15.0 Å². The van der Waals surface area contributed by atoms with Crippen LogP contribution in [0.5, 0.6) is 0 Å². The van der Waals surface area contributed by atoms with Gasteiger partial charge in [-0.3, -0.25) is 4.98 Å². The third kappa shape index (κ3) is 5.42. The number of fused-ring (bicyclic) bond motifs is 10. The average Bonchev–Trinajstić information content (AvgIpc) is 3.62. The molecule has 12 rings (SSSR count). The van der Waals surface area contributed by atoms with E-state index in [0.717, 1.165) is 39.0 Å². The third-order valence-electron chi connectivity index (χ3n) is 12.2. The van der Waals surface area contributed by atoms with Crippen molar-refractivity contribution < 1.29 is 0 Å². The van der Waals surface area contributed by atoms with Gasteiger partial charge in [0.1, 0.15) is 0 Å². The van der Waals surface area contributed by atoms with E-state index in [1.807, 2.05) is 48.3 Å². The van der Waals surface area contributed by atoms with Crippen molar-refractivity contribution in [2.24, 2.45) is 0 Å². The van der Waals surface area contributed by atoms with Crippen LogP contribution in [-0.2, 0) is 5.41 Å². The largest absolute Gasteiger partial charge is 0.256 e. The zero-order valence-corrected chi connectivity index (χ0v) is 33.3. The van der Waals surface area contributed by atoms with Gasteiger partial charge in [0.25, 0.3) is 0 Å². The minimum Gasteiger partial charge on any atom is -0.256 e. The first kappa shape index (κ1) is 34.6. The predicted octanol–water partition coefficient (Wildman–Crippen LogP) is 14.2. The summed E-state index contributed by atoms with van der Waals surface area (Å²) in [6.07, 6.45) is 1.86. The van der Waals surface area contributed by atoms with Crippen LogP contribution in [-0.4, -0.2) is 15.0 Å². The summed E-state index contributed by atoms with van der Waals surface area (Å²) in [5, 5.41) is 1.16. The fraction of sp³-hybridized carbons (Fsp3) is 0.0179. The molecule has 0 amide bonds. The first-order valence-corrected chi connectivity index (χ1v) is 21.2. The summed E-state index contributed by atoms with van der Waals surface area (Å²) >= 11 is 1.86. The molecule has 2 aliphatic rings. The molecule has 4 heteroatoms. The lowest BCUT2D eigenvalue weighted by Gasteiger charge is -2.40. The van der Waals surface area contributed by atoms with Crippen LogP contribution in [0.1, 0.15) is 22.3 Å². The molecule has 10 aromatic rings. The number of hydrogen-bond donors (Lipinski definition) is 0. The van der Waals surface area contributed by atoms with E-state index in [9.17, 15) is 0 Å². The highest BCUT2D eigenvalue weighted by Gasteiger charge is 2.50. The SMILES string of the molecule is c1ccc(-c2cc(-c3ccc4c(c3)C3(c5cc(-c6ccc(-c7cccc8ncccc78)cc6)ccc5S4)c4ccccc4-c4ccccc43)nc(-c3ccccc3)n2)cc1. The maximum absolute atomic E-state index is 5.27. The van der Waals surface area contributed by atoms with Crippen LogP contribution in [0.2, 0.25) is 0 Å². The smallest absolute Gasteiger partial charge is 0.160 e. The van der Waals surface area contributed by atoms with Crippen molar-refractivity contribution in [1.29, 1.82) is 0 Å². The minimum atomic E-state index is -0.553. The highest BCUT2D eigenvalue weighted by molar-refractivity contribution is 7.99. The van der Waals surface area contributed by atoms with Crippen molar-refractivity contribution in [3.05, 3.63) is 235 Å². The zero-order chi connectivity index (χ0) is 39.6. The van der Waals surface area contributed by atoms with Crippen LogP contribution in [0.15, 0.2) is 222 Å². The van der Waals surface area contributed by atoms with E-state index in [4.69, 9.17) is 9.97 Å². The lowest BCUT2D eigenvalue weighted by molar-refractivity contribution is 0.723. The average molecular weight is 782 g/mol. The zero-order valence-electron chi connectivity index (χ0n) is 32.5. The quantitative estimate of drug-likeness (QED) is 0.174. The van der Waals surface area contributed by atoms with Crippen LogP contribution in [0.25, 0.3) is 78.2 Å². The topological polar surface area (TPSA) is 38.7 Å². The van der Waals surface area contributed by atoms with Crippen molar-refractivity contribution in [3.63, 3.8) is 0 Å². The number of hydrogen-bond acceptors (Lipinski definition) is 4. The Kier molecular flexibility index (Phi) is 8.00. The molecule has 0 radical (unpaired) electrons. The molecule has 1 aliphatic heterocycles. The molecule has 0 saturated heterocycles. The van der Waals surface area contributed by atoms with Crippen LogP contribution in [0.4, 0.5) is 0 Å². The summed E-state index contributed by atoms with van der Waals surface area (Å²) in [5.74, 6) is 0.712. The molecule has 3 heterocycles. The monoisotopic (exact) mass is 781 g/mol. The highest BCUT2D eigenvalue weighted by atomic mass is 32.2. The molecule has 60 heavy (non-hydrogen) atoms. The number of rotatable bonds is 5. The van der Waals surface area contributed by atoms with Crippen molar-refractivity contribution in [2.45, 2.75) is 15.2 Å². The maximum Gasteiger partial charge on any atom is 0.160 e. The summed E-state index contributed by atoms with van der Waals surface area (Å²) in [5.41, 5.74) is 17.8. The van der Waals surface area contributed by atoms with E-state index >= 15 is 0 Å². The second-order valence-electron chi connectivity index (χ2n) is 15.5. The van der Waals surface area contributed by atoms with Crippen LogP contribution >= 0.6 is 11.8 Å². The molecule has 0 bridgehead atoms. The Bertz CT molecular complexity index is 3180. The van der Waals surface area contributed by atoms with Gasteiger partial charge in [0, 0.05) is 38.1 Å². The number of benzene rings is 8. The Hall–Kier alpha value is -7.40. The number of pyridine rings is 1. The first-order chi connectivity index (χ1) is 29.7. The molecule has 3 nitrogen and oxygen atoms in total. The number of aromatic nitrogens is 3. The van der Waals surface area contributed by atoms with Gasteiger partial charge < -0.3 is 0 Å². The molecule has 0 unspecified atom stereocenters. The van der Waals surface area contributed by atoms with Gasteiger partial charge in [-0.25, -0.2) is 9.97 Å². The van der Waals surface area contributed by atoms with Gasteiger partial charge in [-0.1, -0.05) is 176 Å². The molecule has 2 aromatic heterocycles. The van der Waals surface area contributed by atoms with Crippen LogP contribution in [0, 0.1) is 0 Å². The van der Waals surface area contributed by atoms with E-state index < -0.39 is 5.41 Å². The summed E-state index contributed by atoms with van der Waals surface area (Å²) < 4.78 is 0. The Morgan fingerprint density at radius 3 is 1.60 bits per heavy atom. The van der Waals surface area contributed by atoms with Crippen molar-refractivity contribution in [3.8, 4) is 67.3 Å². The van der Waals surface area contributed by atoms with Gasteiger partial charge in [-0.05, 0) is 98.1 Å². The molecular weight excluding hydrogens is 747 g/mol. The summed E-state index contributed by atoms with van der Waals surface area (Å²) in [6, 6.07) is 74.5. The van der Waals surface area contributed by atoms with Crippen molar-refractivity contribution in [2.75, 3.05) is 0 Å². The summed E-state index contributed by atoms with van der Waals surface area (Å²) in [7, 11) is 0. The van der Waals surface area contributed by atoms with Crippen molar-refractivity contribution >= 4 is 22.7 Å². The lowest BCUT2D eigenvalue weighted by atomic mass is 9.66. The van der Waals surface area contributed by atoms with Gasteiger partial charge in [0.2, 0.25) is 0 Å². The van der Waals surface area contributed by atoms with E-state index in [-0.39, 0.29) is 0 Å². The Balaban J connectivity index is 1.05. The maximum atomic E-state index is 5.27. The molecule has 0 atom stereocenters. The number of nitrogens with zero attached hydrogens (tertiary/aromatic N) is 3. The predicted molar refractivity (Wildman–Crippen MR) is 246 cm³/mol. The molecule has 0 N–H and O–H groups in total. The minimum absolute atomic E-state index is 0.553. The molecular formula is C56H35N3S. The molecule has 280 valence electrons. The van der Waals surface area contributed by atoms with E-state index in [0.29, 0.717) is 5.82 Å². The van der Waals surface area contributed by atoms with Gasteiger partial charge >= 0.3 is 0 Å². The second kappa shape index (κ2) is 13.9. The van der Waals surface area contributed by atoms with Gasteiger partial charge in [-0.15, -0.1) is 0 Å². The highest BCUT2D eigenvalue weighted by Crippen LogP contribution is 2.62. The van der Waals surface area contributed by atoms with Crippen LogP contribution < -0.4 is 0 Å². The van der Waals surface area contributed by atoms with E-state index in [1.165, 1.54) is 65.4 Å². The Labute approximate surface area is 353 Å². The standard InChI is InChI=1S/C56H35N3S/c1-3-13-38(14-4-1)51-35-52(59-55(58-51)39-15-5-2-6-16-39)41-29-31-54-49(34-41)56(46-21-9-7-17-43(46)44-18-8-10-22-47(44)56)48-33-40(28-30-53(48)60-54)36-24-26-37(27-25-36)42-19-11-23-50-45(42)20-12-32-57-50/h1-35H. The summed E-state index contributed by atoms with van der Waals surface area (Å²) in [4.78, 5) is 17.5. The normalized spacial score (nSPS) is 13.1. The van der Waals surface area contributed by atoms with E-state index in [2.05, 4.69) is 181 Å². The van der Waals surface area contributed by atoms with Gasteiger partial charge in [0.15, 0.2) is 5.82 Å². The van der Waals surface area contributed by atoms with Crippen LogP contribution in [0.3, 0.4) is 0 Å². The Morgan fingerprint density at radius 2 is 0.900 bits per heavy atom. The molecule has 0 fully saturated rings. The third-order valence-corrected chi connectivity index (χ3v) is 13.4. The molecule has 8 aromatic carbocycles. The fourth-order valence-corrected chi connectivity index (χ4v) is 10.7. The first-order valence-electron chi connectivity index (χ1n) is 20.3. The van der Waals surface area contributed by atoms with Gasteiger partial charge in [-0.2, -0.15) is 0 Å². The van der Waals surface area contributed by atoms with Gasteiger partial charge in [0.05, 0.1) is 22.3 Å². The van der Waals surface area contributed by atoms with E-state index in [1.54, 1.807) is 0 Å².